The summed E-state index contributed by atoms with van der Waals surface area (Å²) in [7, 11) is 0. The third-order valence-electron chi connectivity index (χ3n) is 5.87. The number of nitrogens with one attached hydrogen (secondary N) is 1. The van der Waals surface area contributed by atoms with Gasteiger partial charge in [-0.25, -0.2) is 0 Å². The van der Waals surface area contributed by atoms with E-state index in [4.69, 9.17) is 0 Å². The molecule has 1 N–H and O–H groups in total. The van der Waals surface area contributed by atoms with E-state index in [1.54, 1.807) is 5.56 Å². The maximum absolute atomic E-state index is 3.70. The second-order valence-electron chi connectivity index (χ2n) is 6.60. The molecule has 2 bridgehead atoms. The summed E-state index contributed by atoms with van der Waals surface area (Å²) in [4.78, 5) is 3.70. The molecule has 0 saturated heterocycles. The number of fused-ring (bicyclic) bond motifs is 7. The summed E-state index contributed by atoms with van der Waals surface area (Å²) in [5.74, 6) is 0.749. The predicted octanol–water partition coefficient (Wildman–Crippen LogP) is 4.34. The molecule has 88 valence electrons. The van der Waals surface area contributed by atoms with Crippen LogP contribution in [0.3, 0.4) is 0 Å². The van der Waals surface area contributed by atoms with Crippen LogP contribution >= 0.6 is 0 Å². The van der Waals surface area contributed by atoms with Gasteiger partial charge in [-0.1, -0.05) is 39.0 Å². The van der Waals surface area contributed by atoms with Crippen LogP contribution < -0.4 is 0 Å². The Hall–Kier alpha value is -1.24. The van der Waals surface area contributed by atoms with Crippen molar-refractivity contribution < 1.29 is 0 Å². The van der Waals surface area contributed by atoms with Crippen LogP contribution in [-0.4, -0.2) is 4.98 Å². The Morgan fingerprint density at radius 1 is 1.18 bits per heavy atom. The SMILES string of the molecule is CC1(C)[C@@H]2CC[C@@]1(C)c1[nH]c3ccccc3c12. The Morgan fingerprint density at radius 2 is 1.94 bits per heavy atom. The molecule has 2 aliphatic rings. The number of benzene rings is 1. The van der Waals surface area contributed by atoms with Gasteiger partial charge < -0.3 is 4.98 Å². The Morgan fingerprint density at radius 3 is 2.76 bits per heavy atom. The van der Waals surface area contributed by atoms with Gasteiger partial charge in [0.05, 0.1) is 0 Å². The van der Waals surface area contributed by atoms with E-state index in [9.17, 15) is 0 Å². The number of aromatic nitrogens is 1. The lowest BCUT2D eigenvalue weighted by Crippen LogP contribution is -2.31. The number of hydrogen-bond donors (Lipinski definition) is 1. The molecule has 1 heteroatoms. The van der Waals surface area contributed by atoms with Crippen molar-refractivity contribution in [2.45, 2.75) is 44.9 Å². The molecule has 0 amide bonds. The van der Waals surface area contributed by atoms with E-state index in [2.05, 4.69) is 50.0 Å². The van der Waals surface area contributed by atoms with Crippen molar-refractivity contribution in [2.75, 3.05) is 0 Å². The van der Waals surface area contributed by atoms with E-state index >= 15 is 0 Å². The minimum absolute atomic E-state index is 0.353. The summed E-state index contributed by atoms with van der Waals surface area (Å²) >= 11 is 0. The fraction of sp³-hybridized carbons (Fsp3) is 0.500. The fourth-order valence-electron chi connectivity index (χ4n) is 4.41. The number of aromatic amines is 1. The lowest BCUT2D eigenvalue weighted by Gasteiger charge is -2.34. The normalized spacial score (nSPS) is 33.2. The van der Waals surface area contributed by atoms with E-state index < -0.39 is 0 Å². The summed E-state index contributed by atoms with van der Waals surface area (Å²) < 4.78 is 0. The molecular formula is C16H19N. The zero-order valence-corrected chi connectivity index (χ0v) is 10.8. The topological polar surface area (TPSA) is 15.8 Å². The van der Waals surface area contributed by atoms with Crippen LogP contribution in [-0.2, 0) is 5.41 Å². The zero-order valence-electron chi connectivity index (χ0n) is 10.8. The summed E-state index contributed by atoms with van der Waals surface area (Å²) in [6, 6.07) is 8.79. The third kappa shape index (κ3) is 0.863. The molecule has 2 atom stereocenters. The number of para-hydroxylation sites is 1. The first-order valence-electron chi connectivity index (χ1n) is 6.67. The molecule has 1 aromatic heterocycles. The molecule has 1 aromatic carbocycles. The molecule has 17 heavy (non-hydrogen) atoms. The van der Waals surface area contributed by atoms with Crippen LogP contribution in [0, 0.1) is 5.41 Å². The molecule has 0 aliphatic heterocycles. The Bertz CT molecular complexity index is 619. The van der Waals surface area contributed by atoms with Crippen molar-refractivity contribution in [3.8, 4) is 0 Å². The van der Waals surface area contributed by atoms with Gasteiger partial charge in [0.2, 0.25) is 0 Å². The molecule has 0 radical (unpaired) electrons. The van der Waals surface area contributed by atoms with Crippen LogP contribution in [0.25, 0.3) is 10.9 Å². The van der Waals surface area contributed by atoms with Crippen LogP contribution in [0.1, 0.15) is 50.8 Å². The minimum atomic E-state index is 0.353. The summed E-state index contributed by atoms with van der Waals surface area (Å²) in [5.41, 5.74) is 5.25. The van der Waals surface area contributed by atoms with Crippen LogP contribution in [0.4, 0.5) is 0 Å². The maximum Gasteiger partial charge on any atom is 0.0459 e. The highest BCUT2D eigenvalue weighted by Crippen LogP contribution is 2.68. The van der Waals surface area contributed by atoms with Crippen molar-refractivity contribution in [1.82, 2.24) is 4.98 Å². The number of rotatable bonds is 0. The average Bonchev–Trinajstić information content (AvgIpc) is 2.83. The first-order valence-corrected chi connectivity index (χ1v) is 6.67. The van der Waals surface area contributed by atoms with Gasteiger partial charge in [0, 0.05) is 22.0 Å². The van der Waals surface area contributed by atoms with Crippen LogP contribution in [0.5, 0.6) is 0 Å². The predicted molar refractivity (Wildman–Crippen MR) is 71.4 cm³/mol. The molecular weight excluding hydrogens is 206 g/mol. The number of hydrogen-bond acceptors (Lipinski definition) is 0. The molecule has 0 unspecified atom stereocenters. The van der Waals surface area contributed by atoms with Gasteiger partial charge in [0.15, 0.2) is 0 Å². The van der Waals surface area contributed by atoms with Gasteiger partial charge in [-0.3, -0.25) is 0 Å². The molecule has 1 heterocycles. The van der Waals surface area contributed by atoms with Crippen LogP contribution in [0.2, 0.25) is 0 Å². The third-order valence-corrected chi connectivity index (χ3v) is 5.87. The van der Waals surface area contributed by atoms with E-state index in [1.165, 1.54) is 29.4 Å². The summed E-state index contributed by atoms with van der Waals surface area (Å²) in [6.45, 7) is 7.36. The van der Waals surface area contributed by atoms with E-state index in [1.807, 2.05) is 0 Å². The molecule has 0 spiro atoms. The van der Waals surface area contributed by atoms with Gasteiger partial charge in [0.1, 0.15) is 0 Å². The van der Waals surface area contributed by atoms with Crippen molar-refractivity contribution in [3.63, 3.8) is 0 Å². The molecule has 1 nitrogen and oxygen atoms in total. The first-order chi connectivity index (χ1) is 8.06. The minimum Gasteiger partial charge on any atom is -0.358 e. The Kier molecular flexibility index (Phi) is 1.49. The first kappa shape index (κ1) is 9.76. The second-order valence-corrected chi connectivity index (χ2v) is 6.60. The smallest absolute Gasteiger partial charge is 0.0459 e. The monoisotopic (exact) mass is 225 g/mol. The summed E-state index contributed by atoms with van der Waals surface area (Å²) in [6.07, 6.45) is 2.70. The molecule has 1 fully saturated rings. The van der Waals surface area contributed by atoms with Crippen molar-refractivity contribution in [1.29, 1.82) is 0 Å². The molecule has 1 saturated carbocycles. The quantitative estimate of drug-likeness (QED) is 0.686. The van der Waals surface area contributed by atoms with Gasteiger partial charge in [-0.15, -0.1) is 0 Å². The van der Waals surface area contributed by atoms with Crippen LogP contribution in [0.15, 0.2) is 24.3 Å². The van der Waals surface area contributed by atoms with Crippen molar-refractivity contribution >= 4 is 10.9 Å². The van der Waals surface area contributed by atoms with Gasteiger partial charge in [0.25, 0.3) is 0 Å². The molecule has 2 aliphatic carbocycles. The Labute approximate surface area is 102 Å². The standard InChI is InChI=1S/C16H19N/c1-15(2)11-8-9-16(15,3)14-13(11)10-6-4-5-7-12(10)17-14/h4-7,11,17H,8-9H2,1-3H3/t11-,16+/m1/s1. The highest BCUT2D eigenvalue weighted by atomic mass is 14.8. The lowest BCUT2D eigenvalue weighted by atomic mass is 9.70. The average molecular weight is 225 g/mol. The van der Waals surface area contributed by atoms with Crippen molar-refractivity contribution in [2.24, 2.45) is 5.41 Å². The Balaban J connectivity index is 2.12. The number of H-pyrrole nitrogens is 1. The van der Waals surface area contributed by atoms with Gasteiger partial charge >= 0.3 is 0 Å². The highest BCUT2D eigenvalue weighted by Gasteiger charge is 2.60. The zero-order chi connectivity index (χ0) is 11.8. The van der Waals surface area contributed by atoms with E-state index in [-0.39, 0.29) is 0 Å². The van der Waals surface area contributed by atoms with Gasteiger partial charge in [-0.05, 0) is 35.8 Å². The van der Waals surface area contributed by atoms with E-state index in [0.717, 1.165) is 5.92 Å². The maximum atomic E-state index is 3.70. The second kappa shape index (κ2) is 2.60. The van der Waals surface area contributed by atoms with E-state index in [0.29, 0.717) is 10.8 Å². The highest BCUT2D eigenvalue weighted by molar-refractivity contribution is 5.87. The molecule has 2 aromatic rings. The molecule has 4 rings (SSSR count). The fourth-order valence-corrected chi connectivity index (χ4v) is 4.41. The summed E-state index contributed by atoms with van der Waals surface area (Å²) in [5, 5.41) is 1.46. The largest absolute Gasteiger partial charge is 0.358 e. The van der Waals surface area contributed by atoms with Gasteiger partial charge in [-0.2, -0.15) is 0 Å². The lowest BCUT2D eigenvalue weighted by molar-refractivity contribution is 0.227. The van der Waals surface area contributed by atoms with Crippen molar-refractivity contribution in [3.05, 3.63) is 35.5 Å².